The van der Waals surface area contributed by atoms with Gasteiger partial charge in [0.1, 0.15) is 10.7 Å². The third-order valence-corrected chi connectivity index (χ3v) is 5.33. The van der Waals surface area contributed by atoms with Gasteiger partial charge >= 0.3 is 0 Å². The molecule has 0 fully saturated rings. The van der Waals surface area contributed by atoms with E-state index in [1.807, 2.05) is 31.2 Å². The summed E-state index contributed by atoms with van der Waals surface area (Å²) in [7, 11) is 0. The van der Waals surface area contributed by atoms with Crippen LogP contribution in [0.15, 0.2) is 48.7 Å². The van der Waals surface area contributed by atoms with Crippen molar-refractivity contribution in [2.24, 2.45) is 0 Å². The van der Waals surface area contributed by atoms with Crippen LogP contribution in [-0.4, -0.2) is 30.9 Å². The Kier molecular flexibility index (Phi) is 5.57. The van der Waals surface area contributed by atoms with Crippen LogP contribution in [0.1, 0.15) is 26.6 Å². The Morgan fingerprint density at radius 1 is 1.17 bits per heavy atom. The highest BCUT2D eigenvalue weighted by Gasteiger charge is 2.20. The van der Waals surface area contributed by atoms with Gasteiger partial charge in [0.25, 0.3) is 5.91 Å². The minimum atomic E-state index is -0.441. The van der Waals surface area contributed by atoms with E-state index in [0.717, 1.165) is 10.6 Å². The van der Waals surface area contributed by atoms with E-state index in [9.17, 15) is 4.79 Å². The number of carbonyl (C=O) groups excluding carboxylic acids is 1. The Morgan fingerprint density at radius 2 is 1.97 bits per heavy atom. The van der Waals surface area contributed by atoms with E-state index >= 15 is 0 Å². The Morgan fingerprint density at radius 3 is 2.72 bits per heavy atom. The first-order valence-electron chi connectivity index (χ1n) is 8.55. The van der Waals surface area contributed by atoms with Crippen molar-refractivity contribution in [3.63, 3.8) is 0 Å². The molecule has 29 heavy (non-hydrogen) atoms. The zero-order chi connectivity index (χ0) is 20.4. The highest BCUT2D eigenvalue weighted by molar-refractivity contribution is 7.15. The lowest BCUT2D eigenvalue weighted by atomic mass is 10.1. The largest absolute Gasteiger partial charge is 0.295 e. The van der Waals surface area contributed by atoms with Crippen LogP contribution in [0, 0.1) is 6.92 Å². The Hall–Kier alpha value is -2.81. The molecule has 0 atom stereocenters. The van der Waals surface area contributed by atoms with E-state index in [1.54, 1.807) is 18.3 Å². The second-order valence-electron chi connectivity index (χ2n) is 6.19. The average Bonchev–Trinajstić information content (AvgIpc) is 3.30. The van der Waals surface area contributed by atoms with Crippen molar-refractivity contribution in [3.8, 4) is 5.82 Å². The minimum absolute atomic E-state index is 0.147. The van der Waals surface area contributed by atoms with Gasteiger partial charge in [0.15, 0.2) is 11.0 Å². The number of aryl methyl sites for hydroxylation is 1. The molecule has 3 aromatic heterocycles. The molecule has 7 nitrogen and oxygen atoms in total. The third-order valence-electron chi connectivity index (χ3n) is 4.02. The number of benzene rings is 1. The lowest BCUT2D eigenvalue weighted by Crippen LogP contribution is -2.17. The van der Waals surface area contributed by atoms with Crippen LogP contribution in [0.25, 0.3) is 5.82 Å². The quantitative estimate of drug-likeness (QED) is 0.486. The van der Waals surface area contributed by atoms with Gasteiger partial charge in [-0.15, -0.1) is 10.2 Å². The number of nitrogens with zero attached hydrogens (tertiary/aromatic N) is 5. The molecule has 0 spiro atoms. The molecule has 3 heterocycles. The maximum atomic E-state index is 12.8. The van der Waals surface area contributed by atoms with Gasteiger partial charge < -0.3 is 0 Å². The highest BCUT2D eigenvalue weighted by Crippen LogP contribution is 2.23. The highest BCUT2D eigenvalue weighted by atomic mass is 35.5. The van der Waals surface area contributed by atoms with E-state index in [-0.39, 0.29) is 10.8 Å². The number of rotatable bonds is 5. The molecule has 1 amide bonds. The monoisotopic (exact) mass is 444 g/mol. The zero-order valence-electron chi connectivity index (χ0n) is 15.1. The number of carbonyl (C=O) groups is 1. The maximum absolute atomic E-state index is 12.8. The van der Waals surface area contributed by atoms with Gasteiger partial charge in [-0.3, -0.25) is 10.1 Å². The van der Waals surface area contributed by atoms with Gasteiger partial charge in [0.2, 0.25) is 5.13 Å². The van der Waals surface area contributed by atoms with Gasteiger partial charge in [-0.25, -0.2) is 9.67 Å². The summed E-state index contributed by atoms with van der Waals surface area (Å²) in [4.78, 5) is 16.9. The number of hydrogen-bond donors (Lipinski definition) is 1. The predicted octanol–water partition coefficient (Wildman–Crippen LogP) is 4.58. The molecule has 0 aliphatic carbocycles. The van der Waals surface area contributed by atoms with Crippen LogP contribution in [0.4, 0.5) is 5.13 Å². The molecule has 0 unspecified atom stereocenters. The van der Waals surface area contributed by atoms with E-state index in [4.69, 9.17) is 23.2 Å². The molecular weight excluding hydrogens is 431 g/mol. The van der Waals surface area contributed by atoms with Crippen LogP contribution < -0.4 is 5.32 Å². The fourth-order valence-electron chi connectivity index (χ4n) is 2.63. The topological polar surface area (TPSA) is 85.6 Å². The molecule has 4 aromatic rings. The number of aromatic nitrogens is 5. The molecule has 1 aromatic carbocycles. The number of halogens is 2. The van der Waals surface area contributed by atoms with Crippen molar-refractivity contribution in [1.29, 1.82) is 0 Å². The average molecular weight is 445 g/mol. The van der Waals surface area contributed by atoms with Gasteiger partial charge in [0.05, 0.1) is 5.02 Å². The van der Waals surface area contributed by atoms with E-state index in [2.05, 4.69) is 25.6 Å². The summed E-state index contributed by atoms with van der Waals surface area (Å²) in [6.07, 6.45) is 2.20. The van der Waals surface area contributed by atoms with Gasteiger partial charge in [-0.05, 0) is 24.6 Å². The van der Waals surface area contributed by atoms with Crippen molar-refractivity contribution in [2.75, 3.05) is 5.32 Å². The molecule has 0 aliphatic rings. The molecular formula is C19H14Cl2N6OS. The Balaban J connectivity index is 1.53. The van der Waals surface area contributed by atoms with E-state index in [0.29, 0.717) is 22.4 Å². The molecule has 1 N–H and O–H groups in total. The predicted molar refractivity (Wildman–Crippen MR) is 113 cm³/mol. The zero-order valence-corrected chi connectivity index (χ0v) is 17.5. The van der Waals surface area contributed by atoms with E-state index < -0.39 is 5.91 Å². The van der Waals surface area contributed by atoms with E-state index in [1.165, 1.54) is 27.6 Å². The molecule has 0 bridgehead atoms. The van der Waals surface area contributed by atoms with Crippen LogP contribution in [0.3, 0.4) is 0 Å². The number of pyridine rings is 1. The summed E-state index contributed by atoms with van der Waals surface area (Å²) >= 11 is 13.5. The fraction of sp³-hybridized carbons (Fsp3) is 0.105. The maximum Gasteiger partial charge on any atom is 0.276 e. The van der Waals surface area contributed by atoms with Crippen molar-refractivity contribution >= 4 is 45.6 Å². The smallest absolute Gasteiger partial charge is 0.276 e. The fourth-order valence-corrected chi connectivity index (χ4v) is 3.78. The Bertz CT molecular complexity index is 1170. The standard InChI is InChI=1S/C19H14Cl2N6OS/c1-11-4-6-12(7-5-11)9-16-24-25-19(29-16)23-18(28)14-10-15(21)26-27(14)17-13(20)3-2-8-22-17/h2-8,10H,9H2,1H3,(H,23,25,28). The first-order chi connectivity index (χ1) is 14.0. The van der Waals surface area contributed by atoms with Crippen molar-refractivity contribution in [1.82, 2.24) is 25.0 Å². The second kappa shape index (κ2) is 8.28. The van der Waals surface area contributed by atoms with Crippen LogP contribution in [0.2, 0.25) is 10.2 Å². The lowest BCUT2D eigenvalue weighted by molar-refractivity contribution is 0.101. The number of nitrogens with one attached hydrogen (secondary N) is 1. The normalized spacial score (nSPS) is 10.9. The molecule has 4 rings (SSSR count). The first kappa shape index (κ1) is 19.5. The summed E-state index contributed by atoms with van der Waals surface area (Å²) in [5.41, 5.74) is 2.51. The number of amides is 1. The van der Waals surface area contributed by atoms with Crippen molar-refractivity contribution in [2.45, 2.75) is 13.3 Å². The van der Waals surface area contributed by atoms with Gasteiger partial charge in [-0.1, -0.05) is 64.4 Å². The summed E-state index contributed by atoms with van der Waals surface area (Å²) in [5.74, 6) is -0.132. The van der Waals surface area contributed by atoms with Crippen LogP contribution in [0.5, 0.6) is 0 Å². The molecule has 10 heteroatoms. The minimum Gasteiger partial charge on any atom is -0.295 e. The first-order valence-corrected chi connectivity index (χ1v) is 10.1. The van der Waals surface area contributed by atoms with Crippen molar-refractivity contribution in [3.05, 3.63) is 80.7 Å². The summed E-state index contributed by atoms with van der Waals surface area (Å²) in [5, 5.41) is 16.7. The Labute approximate surface area is 180 Å². The van der Waals surface area contributed by atoms with Crippen LogP contribution in [-0.2, 0) is 6.42 Å². The number of anilines is 1. The van der Waals surface area contributed by atoms with Crippen LogP contribution >= 0.6 is 34.5 Å². The second-order valence-corrected chi connectivity index (χ2v) is 8.05. The summed E-state index contributed by atoms with van der Waals surface area (Å²) < 4.78 is 1.30. The molecule has 146 valence electrons. The summed E-state index contributed by atoms with van der Waals surface area (Å²) in [6, 6.07) is 13.0. The molecule has 0 saturated carbocycles. The molecule has 0 aliphatic heterocycles. The summed E-state index contributed by atoms with van der Waals surface area (Å²) in [6.45, 7) is 2.04. The SMILES string of the molecule is Cc1ccc(Cc2nnc(NC(=O)c3cc(Cl)nn3-c3ncccc3Cl)s2)cc1. The molecule has 0 radical (unpaired) electrons. The van der Waals surface area contributed by atoms with Gasteiger partial charge in [-0.2, -0.15) is 5.10 Å². The number of hydrogen-bond acceptors (Lipinski definition) is 6. The lowest BCUT2D eigenvalue weighted by Gasteiger charge is -2.07. The third kappa shape index (κ3) is 4.45. The molecule has 0 saturated heterocycles. The van der Waals surface area contributed by atoms with Gasteiger partial charge in [0, 0.05) is 18.7 Å². The van der Waals surface area contributed by atoms with Crippen molar-refractivity contribution < 1.29 is 4.79 Å².